The molecule has 1 aromatic carbocycles. The Bertz CT molecular complexity index is 700. The van der Waals surface area contributed by atoms with E-state index in [2.05, 4.69) is 16.3 Å². The molecule has 0 aromatic heterocycles. The molecule has 2 N–H and O–H groups in total. The second-order valence-electron chi connectivity index (χ2n) is 8.11. The number of fused-ring (bicyclic) bond motifs is 2. The first-order chi connectivity index (χ1) is 11.4. The van der Waals surface area contributed by atoms with E-state index in [0.29, 0.717) is 6.04 Å². The summed E-state index contributed by atoms with van der Waals surface area (Å²) in [4.78, 5) is 26.4. The van der Waals surface area contributed by atoms with E-state index in [4.69, 9.17) is 0 Å². The van der Waals surface area contributed by atoms with Crippen molar-refractivity contribution in [3.63, 3.8) is 0 Å². The van der Waals surface area contributed by atoms with Gasteiger partial charge in [-0.1, -0.05) is 26.0 Å². The molecule has 1 aromatic rings. The number of carbonyl (C=O) groups excluding carboxylic acids is 1. The Hall–Kier alpha value is -2.04. The number of rotatable bonds is 4. The van der Waals surface area contributed by atoms with E-state index in [1.807, 2.05) is 32.0 Å². The molecule has 1 amide bonds. The Labute approximate surface area is 142 Å². The van der Waals surface area contributed by atoms with Crippen LogP contribution in [0.1, 0.15) is 33.1 Å². The van der Waals surface area contributed by atoms with E-state index in [9.17, 15) is 14.7 Å². The number of nitrogens with one attached hydrogen (secondary N) is 1. The SMILES string of the molecule is CC1(C)[C@H](C(=O)O)[C@@H]1C(=O)Nc1ccccc1N1CC2CCC1C2. The molecule has 2 unspecified atom stereocenters. The van der Waals surface area contributed by atoms with Crippen LogP contribution in [-0.2, 0) is 9.59 Å². The van der Waals surface area contributed by atoms with Crippen LogP contribution in [0.15, 0.2) is 24.3 Å². The Morgan fingerprint density at radius 2 is 1.96 bits per heavy atom. The molecule has 5 nitrogen and oxygen atoms in total. The first kappa shape index (κ1) is 15.5. The predicted octanol–water partition coefficient (Wildman–Crippen LogP) is 2.97. The summed E-state index contributed by atoms with van der Waals surface area (Å²) in [6.45, 7) is 4.76. The van der Waals surface area contributed by atoms with Crippen LogP contribution in [-0.4, -0.2) is 29.6 Å². The fourth-order valence-corrected chi connectivity index (χ4v) is 4.85. The van der Waals surface area contributed by atoms with Gasteiger partial charge in [0.25, 0.3) is 0 Å². The van der Waals surface area contributed by atoms with E-state index >= 15 is 0 Å². The van der Waals surface area contributed by atoms with Gasteiger partial charge in [0, 0.05) is 12.6 Å². The Morgan fingerprint density at radius 1 is 1.21 bits per heavy atom. The molecule has 2 saturated carbocycles. The maximum absolute atomic E-state index is 12.6. The van der Waals surface area contributed by atoms with E-state index < -0.39 is 23.2 Å². The van der Waals surface area contributed by atoms with Crippen molar-refractivity contribution in [3.8, 4) is 0 Å². The lowest BCUT2D eigenvalue weighted by Gasteiger charge is -2.31. The van der Waals surface area contributed by atoms with Crippen molar-refractivity contribution >= 4 is 23.3 Å². The standard InChI is InChI=1S/C19H24N2O3/c1-19(2)15(16(19)18(23)24)17(22)20-13-5-3-4-6-14(13)21-10-11-7-8-12(21)9-11/h3-6,11-12,15-16H,7-10H2,1-2H3,(H,20,22)(H,23,24)/t11?,12?,15-,16+/m1/s1. The fourth-order valence-electron chi connectivity index (χ4n) is 4.85. The number of benzene rings is 1. The summed E-state index contributed by atoms with van der Waals surface area (Å²) in [6.07, 6.45) is 3.79. The van der Waals surface area contributed by atoms with Gasteiger partial charge in [0.05, 0.1) is 23.2 Å². The summed E-state index contributed by atoms with van der Waals surface area (Å²) in [5.41, 5.74) is 1.41. The van der Waals surface area contributed by atoms with Crippen LogP contribution in [0.2, 0.25) is 0 Å². The van der Waals surface area contributed by atoms with Gasteiger partial charge < -0.3 is 15.3 Å². The van der Waals surface area contributed by atoms with Crippen molar-refractivity contribution in [1.29, 1.82) is 0 Å². The minimum absolute atomic E-state index is 0.177. The normalized spacial score (nSPS) is 32.7. The van der Waals surface area contributed by atoms with E-state index in [1.165, 1.54) is 19.3 Å². The molecule has 24 heavy (non-hydrogen) atoms. The molecule has 3 aliphatic rings. The van der Waals surface area contributed by atoms with Crippen molar-refractivity contribution in [2.24, 2.45) is 23.2 Å². The highest BCUT2D eigenvalue weighted by atomic mass is 16.4. The van der Waals surface area contributed by atoms with Gasteiger partial charge in [0.15, 0.2) is 0 Å². The van der Waals surface area contributed by atoms with Crippen LogP contribution in [0, 0.1) is 23.2 Å². The average molecular weight is 328 g/mol. The second-order valence-corrected chi connectivity index (χ2v) is 8.11. The number of anilines is 2. The smallest absolute Gasteiger partial charge is 0.307 e. The van der Waals surface area contributed by atoms with Crippen LogP contribution < -0.4 is 10.2 Å². The number of carboxylic acid groups (broad SMARTS) is 1. The summed E-state index contributed by atoms with van der Waals surface area (Å²) in [5.74, 6) is -1.34. The number of carbonyl (C=O) groups is 2. The lowest BCUT2D eigenvalue weighted by atomic mass is 10.1. The lowest BCUT2D eigenvalue weighted by molar-refractivity contribution is -0.140. The van der Waals surface area contributed by atoms with Crippen molar-refractivity contribution in [3.05, 3.63) is 24.3 Å². The number of para-hydroxylation sites is 2. The molecular formula is C19H24N2O3. The van der Waals surface area contributed by atoms with Gasteiger partial charge in [-0.2, -0.15) is 0 Å². The van der Waals surface area contributed by atoms with Gasteiger partial charge in [0.1, 0.15) is 0 Å². The molecule has 128 valence electrons. The molecule has 4 rings (SSSR count). The Kier molecular flexibility index (Phi) is 3.37. The van der Waals surface area contributed by atoms with Gasteiger partial charge >= 0.3 is 5.97 Å². The van der Waals surface area contributed by atoms with E-state index in [1.54, 1.807) is 0 Å². The van der Waals surface area contributed by atoms with Crippen molar-refractivity contribution in [2.75, 3.05) is 16.8 Å². The average Bonchev–Trinajstić information content (AvgIpc) is 2.88. The maximum Gasteiger partial charge on any atom is 0.307 e. The third-order valence-corrected chi connectivity index (χ3v) is 6.26. The predicted molar refractivity (Wildman–Crippen MR) is 91.9 cm³/mol. The molecule has 3 fully saturated rings. The number of carboxylic acids is 1. The molecule has 1 saturated heterocycles. The number of hydrogen-bond donors (Lipinski definition) is 2. The number of nitrogens with zero attached hydrogens (tertiary/aromatic N) is 1. The van der Waals surface area contributed by atoms with E-state index in [-0.39, 0.29) is 5.91 Å². The zero-order chi connectivity index (χ0) is 17.1. The number of piperidine rings is 1. The highest BCUT2D eigenvalue weighted by Crippen LogP contribution is 2.58. The molecule has 0 spiro atoms. The molecular weight excluding hydrogens is 304 g/mol. The highest BCUT2D eigenvalue weighted by Gasteiger charge is 2.65. The molecule has 5 heteroatoms. The molecule has 2 bridgehead atoms. The van der Waals surface area contributed by atoms with Gasteiger partial charge in [-0.25, -0.2) is 0 Å². The number of hydrogen-bond acceptors (Lipinski definition) is 3. The van der Waals surface area contributed by atoms with Gasteiger partial charge in [-0.05, 0) is 42.7 Å². The third kappa shape index (κ3) is 2.29. The van der Waals surface area contributed by atoms with Crippen molar-refractivity contribution < 1.29 is 14.7 Å². The highest BCUT2D eigenvalue weighted by molar-refractivity contribution is 6.01. The van der Waals surface area contributed by atoms with Gasteiger partial charge in [0.2, 0.25) is 5.91 Å². The second kappa shape index (κ2) is 5.23. The number of amides is 1. The molecule has 4 atom stereocenters. The first-order valence-corrected chi connectivity index (χ1v) is 8.79. The molecule has 0 radical (unpaired) electrons. The molecule has 1 aliphatic heterocycles. The van der Waals surface area contributed by atoms with Gasteiger partial charge in [-0.15, -0.1) is 0 Å². The third-order valence-electron chi connectivity index (χ3n) is 6.26. The van der Waals surface area contributed by atoms with Crippen LogP contribution in [0.3, 0.4) is 0 Å². The number of aliphatic carboxylic acids is 1. The largest absolute Gasteiger partial charge is 0.481 e. The summed E-state index contributed by atoms with van der Waals surface area (Å²) in [7, 11) is 0. The topological polar surface area (TPSA) is 69.6 Å². The summed E-state index contributed by atoms with van der Waals surface area (Å²) >= 11 is 0. The summed E-state index contributed by atoms with van der Waals surface area (Å²) < 4.78 is 0. The minimum atomic E-state index is -0.884. The first-order valence-electron chi connectivity index (χ1n) is 8.79. The van der Waals surface area contributed by atoms with Crippen LogP contribution in [0.25, 0.3) is 0 Å². The Morgan fingerprint density at radius 3 is 2.54 bits per heavy atom. The zero-order valence-corrected chi connectivity index (χ0v) is 14.2. The van der Waals surface area contributed by atoms with Crippen LogP contribution >= 0.6 is 0 Å². The minimum Gasteiger partial charge on any atom is -0.481 e. The van der Waals surface area contributed by atoms with Crippen LogP contribution in [0.5, 0.6) is 0 Å². The summed E-state index contributed by atoms with van der Waals surface area (Å²) in [5, 5.41) is 12.3. The summed E-state index contributed by atoms with van der Waals surface area (Å²) in [6, 6.07) is 8.48. The fraction of sp³-hybridized carbons (Fsp3) is 0.579. The van der Waals surface area contributed by atoms with Crippen LogP contribution in [0.4, 0.5) is 11.4 Å². The lowest BCUT2D eigenvalue weighted by Crippen LogP contribution is -2.32. The quantitative estimate of drug-likeness (QED) is 0.891. The van der Waals surface area contributed by atoms with E-state index in [0.717, 1.165) is 23.8 Å². The Balaban J connectivity index is 1.54. The molecule has 2 aliphatic carbocycles. The van der Waals surface area contributed by atoms with Gasteiger partial charge in [-0.3, -0.25) is 9.59 Å². The molecule has 1 heterocycles. The maximum atomic E-state index is 12.6. The van der Waals surface area contributed by atoms with Crippen molar-refractivity contribution in [2.45, 2.75) is 39.2 Å². The zero-order valence-electron chi connectivity index (χ0n) is 14.2. The van der Waals surface area contributed by atoms with Crippen molar-refractivity contribution in [1.82, 2.24) is 0 Å². The monoisotopic (exact) mass is 328 g/mol.